The largest absolute Gasteiger partial charge is 0.375 e. The average molecular weight is 225 g/mol. The monoisotopic (exact) mass is 225 g/mol. The second-order valence-electron chi connectivity index (χ2n) is 7.07. The van der Waals surface area contributed by atoms with Gasteiger partial charge in [-0.2, -0.15) is 0 Å². The molecule has 1 heterocycles. The van der Waals surface area contributed by atoms with Crippen molar-refractivity contribution in [3.05, 3.63) is 0 Å². The fourth-order valence-electron chi connectivity index (χ4n) is 3.22. The van der Waals surface area contributed by atoms with Crippen LogP contribution in [0.5, 0.6) is 0 Å². The number of rotatable bonds is 2. The van der Waals surface area contributed by atoms with E-state index in [1.165, 1.54) is 32.1 Å². The Morgan fingerprint density at radius 1 is 1.38 bits per heavy atom. The van der Waals surface area contributed by atoms with Gasteiger partial charge >= 0.3 is 0 Å². The smallest absolute Gasteiger partial charge is 0.0685 e. The van der Waals surface area contributed by atoms with Gasteiger partial charge in [0.25, 0.3) is 0 Å². The molecule has 2 aliphatic rings. The summed E-state index contributed by atoms with van der Waals surface area (Å²) in [5.74, 6) is 0.688. The highest BCUT2D eigenvalue weighted by atomic mass is 16.5. The molecule has 0 aromatic carbocycles. The summed E-state index contributed by atoms with van der Waals surface area (Å²) in [6.07, 6.45) is 7.40. The zero-order chi connectivity index (χ0) is 11.8. The standard InChI is InChI=1S/C14H27NO/c1-13(2,3)10-12(15)11-5-8-16-14(9-11)6-4-7-14/h11-12H,4-10,15H2,1-3H3. The maximum absolute atomic E-state index is 6.38. The highest BCUT2D eigenvalue weighted by molar-refractivity contribution is 4.96. The molecule has 2 unspecified atom stereocenters. The topological polar surface area (TPSA) is 35.2 Å². The van der Waals surface area contributed by atoms with E-state index in [1.54, 1.807) is 0 Å². The Hall–Kier alpha value is -0.0800. The van der Waals surface area contributed by atoms with Crippen LogP contribution in [0.25, 0.3) is 0 Å². The normalized spacial score (nSPS) is 31.1. The molecule has 0 radical (unpaired) electrons. The molecule has 2 atom stereocenters. The lowest BCUT2D eigenvalue weighted by Crippen LogP contribution is -2.49. The summed E-state index contributed by atoms with van der Waals surface area (Å²) in [6.45, 7) is 7.78. The van der Waals surface area contributed by atoms with Crippen molar-refractivity contribution < 1.29 is 4.74 Å². The minimum atomic E-state index is 0.248. The minimum absolute atomic E-state index is 0.248. The van der Waals surface area contributed by atoms with Crippen molar-refractivity contribution in [2.75, 3.05) is 6.61 Å². The van der Waals surface area contributed by atoms with E-state index >= 15 is 0 Å². The Morgan fingerprint density at radius 2 is 2.06 bits per heavy atom. The van der Waals surface area contributed by atoms with Crippen LogP contribution in [0.3, 0.4) is 0 Å². The van der Waals surface area contributed by atoms with Gasteiger partial charge in [-0.05, 0) is 49.9 Å². The lowest BCUT2D eigenvalue weighted by atomic mass is 9.69. The van der Waals surface area contributed by atoms with Crippen LogP contribution >= 0.6 is 0 Å². The summed E-state index contributed by atoms with van der Waals surface area (Å²) in [6, 6.07) is 0.362. The van der Waals surface area contributed by atoms with Crippen LogP contribution in [-0.2, 0) is 4.74 Å². The summed E-state index contributed by atoms with van der Waals surface area (Å²) in [4.78, 5) is 0. The van der Waals surface area contributed by atoms with Gasteiger partial charge in [-0.15, -0.1) is 0 Å². The fraction of sp³-hybridized carbons (Fsp3) is 1.00. The summed E-state index contributed by atoms with van der Waals surface area (Å²) in [7, 11) is 0. The molecule has 94 valence electrons. The average Bonchev–Trinajstić information content (AvgIpc) is 2.13. The zero-order valence-electron chi connectivity index (χ0n) is 11.1. The van der Waals surface area contributed by atoms with E-state index in [9.17, 15) is 0 Å². The molecule has 2 nitrogen and oxygen atoms in total. The van der Waals surface area contributed by atoms with Gasteiger partial charge < -0.3 is 10.5 Å². The van der Waals surface area contributed by atoms with Crippen molar-refractivity contribution in [2.45, 2.75) is 70.9 Å². The zero-order valence-corrected chi connectivity index (χ0v) is 11.1. The Kier molecular flexibility index (Phi) is 3.33. The number of hydrogen-bond acceptors (Lipinski definition) is 2. The molecule has 2 rings (SSSR count). The first-order valence-electron chi connectivity index (χ1n) is 6.80. The summed E-state index contributed by atoms with van der Waals surface area (Å²) in [5, 5.41) is 0. The molecule has 0 amide bonds. The predicted molar refractivity (Wildman–Crippen MR) is 67.3 cm³/mol. The number of nitrogens with two attached hydrogens (primary N) is 1. The van der Waals surface area contributed by atoms with Crippen LogP contribution in [0.15, 0.2) is 0 Å². The predicted octanol–water partition coefficient (Wildman–Crippen LogP) is 3.10. The highest BCUT2D eigenvalue weighted by Crippen LogP contribution is 2.45. The Morgan fingerprint density at radius 3 is 2.56 bits per heavy atom. The molecule has 16 heavy (non-hydrogen) atoms. The van der Waals surface area contributed by atoms with Gasteiger partial charge in [-0.1, -0.05) is 20.8 Å². The van der Waals surface area contributed by atoms with Gasteiger partial charge in [0.15, 0.2) is 0 Å². The van der Waals surface area contributed by atoms with E-state index in [0.29, 0.717) is 17.4 Å². The molecule has 2 fully saturated rings. The second kappa shape index (κ2) is 4.30. The SMILES string of the molecule is CC(C)(C)CC(N)C1CCOC2(CCC2)C1. The first kappa shape index (κ1) is 12.4. The summed E-state index contributed by atoms with van der Waals surface area (Å²) in [5.41, 5.74) is 6.98. The van der Waals surface area contributed by atoms with Crippen LogP contribution in [0, 0.1) is 11.3 Å². The fourth-order valence-corrected chi connectivity index (χ4v) is 3.22. The highest BCUT2D eigenvalue weighted by Gasteiger charge is 2.43. The third-order valence-electron chi connectivity index (χ3n) is 4.25. The van der Waals surface area contributed by atoms with Crippen LogP contribution < -0.4 is 5.73 Å². The van der Waals surface area contributed by atoms with Crippen LogP contribution in [0.2, 0.25) is 0 Å². The quantitative estimate of drug-likeness (QED) is 0.783. The maximum Gasteiger partial charge on any atom is 0.0685 e. The second-order valence-corrected chi connectivity index (χ2v) is 7.07. The van der Waals surface area contributed by atoms with Crippen molar-refractivity contribution in [3.63, 3.8) is 0 Å². The van der Waals surface area contributed by atoms with E-state index in [4.69, 9.17) is 10.5 Å². The van der Waals surface area contributed by atoms with Gasteiger partial charge in [-0.25, -0.2) is 0 Å². The maximum atomic E-state index is 6.38. The molecule has 2 heteroatoms. The van der Waals surface area contributed by atoms with E-state index in [2.05, 4.69) is 20.8 Å². The Labute approximate surface area is 99.9 Å². The molecule has 0 aromatic heterocycles. The lowest BCUT2D eigenvalue weighted by molar-refractivity contribution is -0.146. The number of ether oxygens (including phenoxy) is 1. The number of hydrogen-bond donors (Lipinski definition) is 1. The molecule has 0 aromatic rings. The van der Waals surface area contributed by atoms with Gasteiger partial charge in [0.2, 0.25) is 0 Å². The van der Waals surface area contributed by atoms with Gasteiger partial charge in [0.1, 0.15) is 0 Å². The molecule has 2 N–H and O–H groups in total. The van der Waals surface area contributed by atoms with Crippen LogP contribution in [0.4, 0.5) is 0 Å². The summed E-state index contributed by atoms with van der Waals surface area (Å²) >= 11 is 0. The van der Waals surface area contributed by atoms with Crippen molar-refractivity contribution in [1.29, 1.82) is 0 Å². The van der Waals surface area contributed by atoms with Crippen molar-refractivity contribution in [2.24, 2.45) is 17.1 Å². The molecule has 1 spiro atoms. The molecule has 1 aliphatic heterocycles. The van der Waals surface area contributed by atoms with E-state index in [1.807, 2.05) is 0 Å². The molecule has 1 aliphatic carbocycles. The minimum Gasteiger partial charge on any atom is -0.375 e. The Bertz CT molecular complexity index is 240. The molecular weight excluding hydrogens is 198 g/mol. The molecular formula is C14H27NO. The van der Waals surface area contributed by atoms with Gasteiger partial charge in [0, 0.05) is 12.6 Å². The van der Waals surface area contributed by atoms with E-state index < -0.39 is 0 Å². The summed E-state index contributed by atoms with van der Waals surface area (Å²) < 4.78 is 5.96. The first-order chi connectivity index (χ1) is 7.40. The van der Waals surface area contributed by atoms with E-state index in [0.717, 1.165) is 13.0 Å². The van der Waals surface area contributed by atoms with Crippen molar-refractivity contribution >= 4 is 0 Å². The first-order valence-corrected chi connectivity index (χ1v) is 6.80. The molecule has 0 bridgehead atoms. The van der Waals surface area contributed by atoms with Gasteiger partial charge in [0.05, 0.1) is 5.60 Å². The van der Waals surface area contributed by atoms with Crippen molar-refractivity contribution in [3.8, 4) is 0 Å². The third-order valence-corrected chi connectivity index (χ3v) is 4.25. The molecule has 1 saturated carbocycles. The van der Waals surface area contributed by atoms with Crippen LogP contribution in [0.1, 0.15) is 59.3 Å². The molecule has 1 saturated heterocycles. The van der Waals surface area contributed by atoms with Crippen LogP contribution in [-0.4, -0.2) is 18.2 Å². The lowest BCUT2D eigenvalue weighted by Gasteiger charge is -2.48. The van der Waals surface area contributed by atoms with E-state index in [-0.39, 0.29) is 5.60 Å². The van der Waals surface area contributed by atoms with Crippen molar-refractivity contribution in [1.82, 2.24) is 0 Å². The van der Waals surface area contributed by atoms with Gasteiger partial charge in [-0.3, -0.25) is 0 Å². The third kappa shape index (κ3) is 2.78. The Balaban J connectivity index is 1.89.